The largest absolute Gasteiger partial charge is 0.494 e. The number of nitrogens with one attached hydrogen (secondary N) is 1. The van der Waals surface area contributed by atoms with Crippen LogP contribution in [0.1, 0.15) is 24.8 Å². The summed E-state index contributed by atoms with van der Waals surface area (Å²) >= 11 is 0. The highest BCUT2D eigenvalue weighted by atomic mass is 19.1. The highest BCUT2D eigenvalue weighted by Gasteiger charge is 2.05. The van der Waals surface area contributed by atoms with E-state index >= 15 is 0 Å². The van der Waals surface area contributed by atoms with Crippen LogP contribution in [0.15, 0.2) is 60.9 Å². The van der Waals surface area contributed by atoms with Crippen molar-refractivity contribution < 1.29 is 13.9 Å². The molecule has 0 fully saturated rings. The third-order valence-corrected chi connectivity index (χ3v) is 4.35. The normalized spacial score (nSPS) is 10.7. The second-order valence-electron chi connectivity index (χ2n) is 6.38. The lowest BCUT2D eigenvalue weighted by molar-refractivity contribution is -0.121. The smallest absolute Gasteiger partial charge is 0.220 e. The van der Waals surface area contributed by atoms with Crippen LogP contribution < -0.4 is 10.1 Å². The number of rotatable bonds is 9. The Hall–Kier alpha value is -2.95. The second kappa shape index (κ2) is 9.67. The van der Waals surface area contributed by atoms with Gasteiger partial charge in [0.15, 0.2) is 0 Å². The number of aryl methyl sites for hydroxylation is 1. The van der Waals surface area contributed by atoms with E-state index in [1.54, 1.807) is 12.1 Å². The van der Waals surface area contributed by atoms with Crippen molar-refractivity contribution in [3.8, 4) is 5.75 Å². The summed E-state index contributed by atoms with van der Waals surface area (Å²) in [7, 11) is 0. The third kappa shape index (κ3) is 5.78. The Kier molecular flexibility index (Phi) is 6.74. The molecule has 0 aliphatic rings. The molecule has 1 aromatic heterocycles. The summed E-state index contributed by atoms with van der Waals surface area (Å²) in [5.74, 6) is 0.427. The van der Waals surface area contributed by atoms with Gasteiger partial charge in [0, 0.05) is 30.7 Å². The molecule has 0 saturated heterocycles. The molecule has 0 saturated carbocycles. The second-order valence-corrected chi connectivity index (χ2v) is 6.38. The molecular weight excluding hydrogens is 343 g/mol. The van der Waals surface area contributed by atoms with Crippen molar-refractivity contribution in [1.82, 2.24) is 10.3 Å². The summed E-state index contributed by atoms with van der Waals surface area (Å²) in [5, 5.41) is 5.19. The predicted octanol–water partition coefficient (Wildman–Crippen LogP) is 4.28. The lowest BCUT2D eigenvalue weighted by Crippen LogP contribution is -2.25. The van der Waals surface area contributed by atoms with Crippen molar-refractivity contribution in [2.24, 2.45) is 0 Å². The molecule has 0 aliphatic heterocycles. The SMILES string of the molecule is O=C(CCc1cncc2ccccc12)NCCCCOc1ccc(F)cc1. The topological polar surface area (TPSA) is 51.2 Å². The maximum Gasteiger partial charge on any atom is 0.220 e. The fourth-order valence-corrected chi connectivity index (χ4v) is 2.89. The van der Waals surface area contributed by atoms with E-state index in [-0.39, 0.29) is 11.7 Å². The number of pyridine rings is 1. The van der Waals surface area contributed by atoms with Crippen LogP contribution in [0.25, 0.3) is 10.8 Å². The van der Waals surface area contributed by atoms with Crippen LogP contribution in [-0.4, -0.2) is 24.0 Å². The van der Waals surface area contributed by atoms with Gasteiger partial charge in [0.2, 0.25) is 5.91 Å². The summed E-state index contributed by atoms with van der Waals surface area (Å²) in [6, 6.07) is 14.0. The molecule has 3 rings (SSSR count). The summed E-state index contributed by atoms with van der Waals surface area (Å²) in [4.78, 5) is 16.3. The van der Waals surface area contributed by atoms with Gasteiger partial charge in [-0.05, 0) is 54.5 Å². The molecular formula is C22H23FN2O2. The number of amides is 1. The molecule has 0 radical (unpaired) electrons. The molecule has 140 valence electrons. The molecule has 27 heavy (non-hydrogen) atoms. The predicted molar refractivity (Wildman–Crippen MR) is 104 cm³/mol. The van der Waals surface area contributed by atoms with Crippen molar-refractivity contribution >= 4 is 16.7 Å². The average molecular weight is 366 g/mol. The molecule has 0 unspecified atom stereocenters. The molecule has 0 spiro atoms. The zero-order valence-corrected chi connectivity index (χ0v) is 15.2. The van der Waals surface area contributed by atoms with Crippen LogP contribution in [0.3, 0.4) is 0 Å². The number of hydrogen-bond donors (Lipinski definition) is 1. The number of benzene rings is 2. The van der Waals surface area contributed by atoms with E-state index in [1.807, 2.05) is 30.6 Å². The van der Waals surface area contributed by atoms with Crippen LogP contribution in [0, 0.1) is 5.82 Å². The Balaban J connectivity index is 1.32. The fourth-order valence-electron chi connectivity index (χ4n) is 2.89. The van der Waals surface area contributed by atoms with Gasteiger partial charge in [-0.15, -0.1) is 0 Å². The molecule has 5 heteroatoms. The van der Waals surface area contributed by atoms with Crippen LogP contribution in [0.5, 0.6) is 5.75 Å². The lowest BCUT2D eigenvalue weighted by atomic mass is 10.0. The van der Waals surface area contributed by atoms with E-state index in [4.69, 9.17) is 4.74 Å². The van der Waals surface area contributed by atoms with Gasteiger partial charge in [0.25, 0.3) is 0 Å². The Labute approximate surface area is 158 Å². The first-order valence-electron chi connectivity index (χ1n) is 9.19. The number of hydrogen-bond acceptors (Lipinski definition) is 3. The van der Waals surface area contributed by atoms with Crippen LogP contribution in [-0.2, 0) is 11.2 Å². The molecule has 1 heterocycles. The van der Waals surface area contributed by atoms with Crippen LogP contribution >= 0.6 is 0 Å². The Morgan fingerprint density at radius 2 is 1.85 bits per heavy atom. The summed E-state index contributed by atoms with van der Waals surface area (Å²) in [5.41, 5.74) is 1.09. The van der Waals surface area contributed by atoms with Gasteiger partial charge < -0.3 is 10.1 Å². The monoisotopic (exact) mass is 366 g/mol. The zero-order chi connectivity index (χ0) is 18.9. The van der Waals surface area contributed by atoms with E-state index in [0.29, 0.717) is 31.7 Å². The Morgan fingerprint density at radius 3 is 2.70 bits per heavy atom. The van der Waals surface area contributed by atoms with Crippen molar-refractivity contribution in [3.05, 3.63) is 72.3 Å². The molecule has 0 aliphatic carbocycles. The van der Waals surface area contributed by atoms with E-state index in [0.717, 1.165) is 29.2 Å². The van der Waals surface area contributed by atoms with Gasteiger partial charge in [-0.1, -0.05) is 24.3 Å². The molecule has 4 nitrogen and oxygen atoms in total. The third-order valence-electron chi connectivity index (χ3n) is 4.35. The van der Waals surface area contributed by atoms with Gasteiger partial charge >= 0.3 is 0 Å². The number of aromatic nitrogens is 1. The maximum atomic E-state index is 12.8. The maximum absolute atomic E-state index is 12.8. The highest BCUT2D eigenvalue weighted by molar-refractivity contribution is 5.85. The Morgan fingerprint density at radius 1 is 1.04 bits per heavy atom. The average Bonchev–Trinajstić information content (AvgIpc) is 2.70. The van der Waals surface area contributed by atoms with Gasteiger partial charge in [-0.3, -0.25) is 9.78 Å². The van der Waals surface area contributed by atoms with E-state index in [9.17, 15) is 9.18 Å². The fraction of sp³-hybridized carbons (Fsp3) is 0.273. The number of halogens is 1. The first kappa shape index (κ1) is 18.8. The van der Waals surface area contributed by atoms with E-state index in [2.05, 4.69) is 16.4 Å². The van der Waals surface area contributed by atoms with Crippen molar-refractivity contribution in [2.45, 2.75) is 25.7 Å². The number of nitrogens with zero attached hydrogens (tertiary/aromatic N) is 1. The van der Waals surface area contributed by atoms with Crippen molar-refractivity contribution in [3.63, 3.8) is 0 Å². The van der Waals surface area contributed by atoms with Gasteiger partial charge in [0.05, 0.1) is 6.61 Å². The Bertz CT molecular complexity index is 876. The number of fused-ring (bicyclic) bond motifs is 1. The van der Waals surface area contributed by atoms with Crippen LogP contribution in [0.4, 0.5) is 4.39 Å². The van der Waals surface area contributed by atoms with Gasteiger partial charge in [-0.2, -0.15) is 0 Å². The molecule has 2 aromatic carbocycles. The van der Waals surface area contributed by atoms with Gasteiger partial charge in [-0.25, -0.2) is 4.39 Å². The number of carbonyl (C=O) groups excluding carboxylic acids is 1. The first-order valence-corrected chi connectivity index (χ1v) is 9.19. The molecule has 3 aromatic rings. The molecule has 0 atom stereocenters. The first-order chi connectivity index (χ1) is 13.2. The standard InChI is InChI=1S/C22H23FN2O2/c23-19-8-10-20(11-9-19)27-14-4-3-13-25-22(26)12-7-18-16-24-15-17-5-1-2-6-21(17)18/h1-2,5-6,8-11,15-16H,3-4,7,12-14H2,(H,25,26). The van der Waals surface area contributed by atoms with E-state index < -0.39 is 0 Å². The lowest BCUT2D eigenvalue weighted by Gasteiger charge is -2.08. The summed E-state index contributed by atoms with van der Waals surface area (Å²) in [6.45, 7) is 1.17. The van der Waals surface area contributed by atoms with Gasteiger partial charge in [0.1, 0.15) is 11.6 Å². The number of ether oxygens (including phenoxy) is 1. The number of unbranched alkanes of at least 4 members (excludes halogenated alkanes) is 1. The summed E-state index contributed by atoms with van der Waals surface area (Å²) < 4.78 is 18.3. The van der Waals surface area contributed by atoms with E-state index in [1.165, 1.54) is 12.1 Å². The highest BCUT2D eigenvalue weighted by Crippen LogP contribution is 2.18. The minimum atomic E-state index is -0.274. The van der Waals surface area contributed by atoms with Crippen LogP contribution in [0.2, 0.25) is 0 Å². The molecule has 0 bridgehead atoms. The quantitative estimate of drug-likeness (QED) is 0.575. The zero-order valence-electron chi connectivity index (χ0n) is 15.2. The van der Waals surface area contributed by atoms with Crippen molar-refractivity contribution in [2.75, 3.05) is 13.2 Å². The van der Waals surface area contributed by atoms with Crippen molar-refractivity contribution in [1.29, 1.82) is 0 Å². The molecule has 1 amide bonds. The number of carbonyl (C=O) groups is 1. The summed E-state index contributed by atoms with van der Waals surface area (Å²) in [6.07, 6.45) is 6.46. The molecule has 1 N–H and O–H groups in total. The minimum Gasteiger partial charge on any atom is -0.494 e. The minimum absolute atomic E-state index is 0.0439.